The zero-order valence-electron chi connectivity index (χ0n) is 12.1. The normalized spacial score (nSPS) is 10.3. The number of para-hydroxylation sites is 1. The van der Waals surface area contributed by atoms with Crippen LogP contribution in [0.3, 0.4) is 0 Å². The number of benzene rings is 2. The first kappa shape index (κ1) is 16.0. The van der Waals surface area contributed by atoms with Crippen molar-refractivity contribution in [1.82, 2.24) is 0 Å². The number of nitrogen functional groups attached to an aromatic ring is 1. The van der Waals surface area contributed by atoms with Crippen LogP contribution in [0.15, 0.2) is 42.5 Å². The molecule has 2 aromatic rings. The summed E-state index contributed by atoms with van der Waals surface area (Å²) in [5.74, 6) is -0.579. The number of anilines is 1. The molecule has 4 nitrogen and oxygen atoms in total. The predicted molar refractivity (Wildman–Crippen MR) is 86.1 cm³/mol. The second kappa shape index (κ2) is 7.09. The molecule has 0 saturated carbocycles. The third-order valence-electron chi connectivity index (χ3n) is 3.19. The summed E-state index contributed by atoms with van der Waals surface area (Å²) in [7, 11) is 0. The molecule has 0 spiro atoms. The van der Waals surface area contributed by atoms with Gasteiger partial charge in [-0.1, -0.05) is 23.7 Å². The number of hydrogen-bond donors (Lipinski definition) is 1. The standard InChI is InChI=1S/C17H16ClNO3/c1-2-22-15(20)10-12-4-3-5-14(16(12)19)17(21)11-6-8-13(18)9-7-11/h3-9H,2,10,19H2,1H3. The lowest BCUT2D eigenvalue weighted by Crippen LogP contribution is -2.12. The molecular formula is C17H16ClNO3. The van der Waals surface area contributed by atoms with Crippen molar-refractivity contribution in [2.45, 2.75) is 13.3 Å². The van der Waals surface area contributed by atoms with Crippen LogP contribution in [-0.2, 0) is 16.0 Å². The zero-order valence-corrected chi connectivity index (χ0v) is 12.9. The molecule has 0 fully saturated rings. The third kappa shape index (κ3) is 3.65. The topological polar surface area (TPSA) is 69.4 Å². The van der Waals surface area contributed by atoms with Crippen molar-refractivity contribution in [3.05, 3.63) is 64.2 Å². The molecule has 0 aromatic heterocycles. The van der Waals surface area contributed by atoms with Gasteiger partial charge in [0.05, 0.1) is 13.0 Å². The minimum atomic E-state index is -0.370. The number of ether oxygens (including phenoxy) is 1. The molecule has 0 bridgehead atoms. The Bertz CT molecular complexity index is 696. The molecule has 0 saturated heterocycles. The van der Waals surface area contributed by atoms with E-state index in [-0.39, 0.29) is 18.2 Å². The van der Waals surface area contributed by atoms with Gasteiger partial charge in [0, 0.05) is 21.8 Å². The van der Waals surface area contributed by atoms with E-state index < -0.39 is 0 Å². The van der Waals surface area contributed by atoms with Gasteiger partial charge < -0.3 is 10.5 Å². The second-order valence-electron chi connectivity index (χ2n) is 4.70. The van der Waals surface area contributed by atoms with E-state index in [1.807, 2.05) is 0 Å². The van der Waals surface area contributed by atoms with Crippen LogP contribution in [0.1, 0.15) is 28.4 Å². The Balaban J connectivity index is 2.30. The fourth-order valence-corrected chi connectivity index (χ4v) is 2.22. The van der Waals surface area contributed by atoms with Crippen LogP contribution in [0.2, 0.25) is 5.02 Å². The molecule has 0 heterocycles. The van der Waals surface area contributed by atoms with Crippen molar-refractivity contribution in [3.8, 4) is 0 Å². The first-order chi connectivity index (χ1) is 10.5. The molecule has 0 atom stereocenters. The highest BCUT2D eigenvalue weighted by Crippen LogP contribution is 2.22. The first-order valence-corrected chi connectivity index (χ1v) is 7.24. The number of halogens is 1. The first-order valence-electron chi connectivity index (χ1n) is 6.86. The van der Waals surface area contributed by atoms with Gasteiger partial charge >= 0.3 is 5.97 Å². The van der Waals surface area contributed by atoms with Crippen molar-refractivity contribution in [2.75, 3.05) is 12.3 Å². The lowest BCUT2D eigenvalue weighted by molar-refractivity contribution is -0.142. The van der Waals surface area contributed by atoms with Gasteiger partial charge in [0.1, 0.15) is 0 Å². The third-order valence-corrected chi connectivity index (χ3v) is 3.44. The summed E-state index contributed by atoms with van der Waals surface area (Å²) in [6.07, 6.45) is 0.0431. The molecular weight excluding hydrogens is 302 g/mol. The highest BCUT2D eigenvalue weighted by molar-refractivity contribution is 6.30. The predicted octanol–water partition coefficient (Wildman–Crippen LogP) is 3.26. The number of rotatable bonds is 5. The van der Waals surface area contributed by atoms with E-state index in [1.165, 1.54) is 0 Å². The summed E-state index contributed by atoms with van der Waals surface area (Å²) in [4.78, 5) is 24.1. The van der Waals surface area contributed by atoms with Crippen LogP contribution in [0, 0.1) is 0 Å². The molecule has 22 heavy (non-hydrogen) atoms. The van der Waals surface area contributed by atoms with Gasteiger partial charge in [0.15, 0.2) is 5.78 Å². The van der Waals surface area contributed by atoms with Crippen molar-refractivity contribution in [2.24, 2.45) is 0 Å². The van der Waals surface area contributed by atoms with Gasteiger partial charge in [-0.15, -0.1) is 0 Å². The highest BCUT2D eigenvalue weighted by Gasteiger charge is 2.16. The van der Waals surface area contributed by atoms with E-state index in [9.17, 15) is 9.59 Å². The van der Waals surface area contributed by atoms with Crippen LogP contribution in [0.25, 0.3) is 0 Å². The maximum atomic E-state index is 12.5. The molecule has 0 radical (unpaired) electrons. The zero-order chi connectivity index (χ0) is 16.1. The summed E-state index contributed by atoms with van der Waals surface area (Å²) >= 11 is 5.82. The van der Waals surface area contributed by atoms with Gasteiger partial charge in [-0.05, 0) is 42.8 Å². The van der Waals surface area contributed by atoms with Crippen LogP contribution in [0.4, 0.5) is 5.69 Å². The van der Waals surface area contributed by atoms with Gasteiger partial charge in [-0.25, -0.2) is 0 Å². The number of carbonyl (C=O) groups is 2. The number of esters is 1. The molecule has 2 N–H and O–H groups in total. The molecule has 5 heteroatoms. The fraction of sp³-hybridized carbons (Fsp3) is 0.176. The van der Waals surface area contributed by atoms with Gasteiger partial charge in [0.25, 0.3) is 0 Å². The fourth-order valence-electron chi connectivity index (χ4n) is 2.09. The Morgan fingerprint density at radius 2 is 1.82 bits per heavy atom. The molecule has 2 aromatic carbocycles. The monoisotopic (exact) mass is 317 g/mol. The van der Waals surface area contributed by atoms with E-state index in [1.54, 1.807) is 49.4 Å². The largest absolute Gasteiger partial charge is 0.466 e. The molecule has 2 rings (SSSR count). The van der Waals surface area contributed by atoms with Crippen molar-refractivity contribution in [1.29, 1.82) is 0 Å². The van der Waals surface area contributed by atoms with E-state index in [4.69, 9.17) is 22.1 Å². The summed E-state index contributed by atoms with van der Waals surface area (Å²) in [5, 5.41) is 0.556. The molecule has 0 aliphatic carbocycles. The molecule has 0 amide bonds. The smallest absolute Gasteiger partial charge is 0.310 e. The minimum Gasteiger partial charge on any atom is -0.466 e. The molecule has 0 aliphatic rings. The number of hydrogen-bond acceptors (Lipinski definition) is 4. The van der Waals surface area contributed by atoms with Crippen molar-refractivity contribution >= 4 is 29.0 Å². The van der Waals surface area contributed by atoms with Gasteiger partial charge in [-0.2, -0.15) is 0 Å². The molecule has 0 unspecified atom stereocenters. The summed E-state index contributed by atoms with van der Waals surface area (Å²) in [5.41, 5.74) is 7.78. The second-order valence-corrected chi connectivity index (χ2v) is 5.13. The van der Waals surface area contributed by atoms with E-state index >= 15 is 0 Å². The number of carbonyl (C=O) groups excluding carboxylic acids is 2. The quantitative estimate of drug-likeness (QED) is 0.522. The van der Waals surface area contributed by atoms with Crippen LogP contribution < -0.4 is 5.73 Å². The summed E-state index contributed by atoms with van der Waals surface area (Å²) in [6, 6.07) is 11.6. The number of nitrogens with two attached hydrogens (primary N) is 1. The lowest BCUT2D eigenvalue weighted by atomic mass is 9.98. The van der Waals surface area contributed by atoms with E-state index in [2.05, 4.69) is 0 Å². The van der Waals surface area contributed by atoms with Crippen LogP contribution >= 0.6 is 11.6 Å². The Morgan fingerprint density at radius 1 is 1.14 bits per heavy atom. The van der Waals surface area contributed by atoms with Crippen molar-refractivity contribution < 1.29 is 14.3 Å². The molecule has 0 aliphatic heterocycles. The van der Waals surface area contributed by atoms with Gasteiger partial charge in [-0.3, -0.25) is 9.59 Å². The SMILES string of the molecule is CCOC(=O)Cc1cccc(C(=O)c2ccc(Cl)cc2)c1N. The Morgan fingerprint density at radius 3 is 2.45 bits per heavy atom. The Hall–Kier alpha value is -2.33. The van der Waals surface area contributed by atoms with Gasteiger partial charge in [0.2, 0.25) is 0 Å². The maximum absolute atomic E-state index is 12.5. The van der Waals surface area contributed by atoms with Crippen LogP contribution in [-0.4, -0.2) is 18.4 Å². The summed E-state index contributed by atoms with van der Waals surface area (Å²) in [6.45, 7) is 2.05. The average molecular weight is 318 g/mol. The van der Waals surface area contributed by atoms with Crippen molar-refractivity contribution in [3.63, 3.8) is 0 Å². The summed E-state index contributed by atoms with van der Waals surface area (Å²) < 4.78 is 4.90. The lowest BCUT2D eigenvalue weighted by Gasteiger charge is -2.10. The minimum absolute atomic E-state index is 0.0431. The maximum Gasteiger partial charge on any atom is 0.310 e. The Labute approximate surface area is 133 Å². The van der Waals surface area contributed by atoms with Crippen LogP contribution in [0.5, 0.6) is 0 Å². The van der Waals surface area contributed by atoms with E-state index in [0.717, 1.165) is 0 Å². The number of ketones is 1. The highest BCUT2D eigenvalue weighted by atomic mass is 35.5. The average Bonchev–Trinajstić information content (AvgIpc) is 2.50. The molecule has 114 valence electrons. The van der Waals surface area contributed by atoms with E-state index in [0.29, 0.717) is 34.0 Å². The Kier molecular flexibility index (Phi) is 5.17.